The average molecular weight is 431 g/mol. The zero-order chi connectivity index (χ0) is 22.3. The molecular weight excluding hydrogens is 410 g/mol. The van der Waals surface area contributed by atoms with E-state index in [0.717, 1.165) is 23.9 Å². The number of nitrogens with zero attached hydrogens (tertiary/aromatic N) is 7. The van der Waals surface area contributed by atoms with Gasteiger partial charge in [0.25, 0.3) is 5.91 Å². The SMILES string of the molecule is CNC(=O)c1cc(-c2cn3nccc3c(-c3cnn([C@]4(CC#N)C[C@@H](OC)C4)c3)n2)[nH]n1. The minimum absolute atomic E-state index is 0.133. The third kappa shape index (κ3) is 3.12. The maximum absolute atomic E-state index is 11.9. The van der Waals surface area contributed by atoms with E-state index in [1.54, 1.807) is 43.3 Å². The quantitative estimate of drug-likeness (QED) is 0.474. The van der Waals surface area contributed by atoms with E-state index in [9.17, 15) is 10.1 Å². The largest absolute Gasteiger partial charge is 0.381 e. The van der Waals surface area contributed by atoms with Gasteiger partial charge in [0.15, 0.2) is 5.69 Å². The van der Waals surface area contributed by atoms with Crippen LogP contribution in [0, 0.1) is 11.3 Å². The monoisotopic (exact) mass is 431 g/mol. The molecule has 1 aliphatic carbocycles. The first-order chi connectivity index (χ1) is 15.6. The van der Waals surface area contributed by atoms with Gasteiger partial charge in [0, 0.05) is 25.9 Å². The van der Waals surface area contributed by atoms with Crippen molar-refractivity contribution < 1.29 is 9.53 Å². The van der Waals surface area contributed by atoms with Crippen molar-refractivity contribution in [2.45, 2.75) is 30.9 Å². The van der Waals surface area contributed by atoms with Gasteiger partial charge in [-0.25, -0.2) is 9.50 Å². The maximum atomic E-state index is 11.9. The molecule has 1 amide bonds. The number of methoxy groups -OCH3 is 1. The summed E-state index contributed by atoms with van der Waals surface area (Å²) in [6, 6.07) is 5.81. The van der Waals surface area contributed by atoms with Crippen LogP contribution in [0.5, 0.6) is 0 Å². The van der Waals surface area contributed by atoms with Crippen LogP contribution in [0.1, 0.15) is 29.8 Å². The maximum Gasteiger partial charge on any atom is 0.271 e. The summed E-state index contributed by atoms with van der Waals surface area (Å²) in [4.78, 5) is 16.7. The summed E-state index contributed by atoms with van der Waals surface area (Å²) in [5.74, 6) is -0.285. The highest BCUT2D eigenvalue weighted by Gasteiger charge is 2.47. The summed E-state index contributed by atoms with van der Waals surface area (Å²) >= 11 is 0. The molecule has 4 aromatic rings. The number of aromatic nitrogens is 7. The Morgan fingerprint density at radius 1 is 1.41 bits per heavy atom. The van der Waals surface area contributed by atoms with Crippen molar-refractivity contribution in [1.29, 1.82) is 5.26 Å². The first-order valence-electron chi connectivity index (χ1n) is 10.1. The van der Waals surface area contributed by atoms with Crippen molar-refractivity contribution in [1.82, 2.24) is 39.9 Å². The first-order valence-corrected chi connectivity index (χ1v) is 10.1. The van der Waals surface area contributed by atoms with Crippen molar-refractivity contribution in [3.05, 3.63) is 42.6 Å². The van der Waals surface area contributed by atoms with Gasteiger partial charge in [-0.15, -0.1) is 0 Å². The van der Waals surface area contributed by atoms with Gasteiger partial charge in [-0.05, 0) is 25.0 Å². The second-order valence-electron chi connectivity index (χ2n) is 7.88. The molecule has 0 bridgehead atoms. The highest BCUT2D eigenvalue weighted by Crippen LogP contribution is 2.43. The molecule has 1 saturated carbocycles. The first kappa shape index (κ1) is 19.9. The van der Waals surface area contributed by atoms with E-state index in [4.69, 9.17) is 9.72 Å². The Bertz CT molecular complexity index is 1340. The lowest BCUT2D eigenvalue weighted by Crippen LogP contribution is -2.50. The smallest absolute Gasteiger partial charge is 0.271 e. The molecule has 0 spiro atoms. The summed E-state index contributed by atoms with van der Waals surface area (Å²) in [7, 11) is 3.24. The number of H-pyrrole nitrogens is 1. The van der Waals surface area contributed by atoms with Gasteiger partial charge >= 0.3 is 0 Å². The number of nitriles is 1. The normalized spacial score (nSPS) is 20.1. The topological polar surface area (TPSA) is 139 Å². The van der Waals surface area contributed by atoms with Crippen LogP contribution in [-0.4, -0.2) is 60.7 Å². The molecule has 0 radical (unpaired) electrons. The Kier molecular flexibility index (Phi) is 4.71. The van der Waals surface area contributed by atoms with E-state index < -0.39 is 0 Å². The lowest BCUT2D eigenvalue weighted by atomic mass is 9.72. The van der Waals surface area contributed by atoms with E-state index in [1.165, 1.54) is 0 Å². The van der Waals surface area contributed by atoms with Gasteiger partial charge < -0.3 is 10.1 Å². The molecule has 0 atom stereocenters. The molecule has 11 nitrogen and oxygen atoms in total. The minimum atomic E-state index is -0.367. The predicted octanol–water partition coefficient (Wildman–Crippen LogP) is 1.76. The van der Waals surface area contributed by atoms with E-state index in [0.29, 0.717) is 23.5 Å². The Hall–Kier alpha value is -4.04. The van der Waals surface area contributed by atoms with E-state index in [1.807, 2.05) is 16.9 Å². The molecular formula is C21H21N9O2. The van der Waals surface area contributed by atoms with Crippen molar-refractivity contribution in [3.8, 4) is 28.7 Å². The number of rotatable bonds is 6. The van der Waals surface area contributed by atoms with Crippen molar-refractivity contribution in [2.24, 2.45) is 0 Å². The van der Waals surface area contributed by atoms with Crippen molar-refractivity contribution in [2.75, 3.05) is 14.2 Å². The molecule has 32 heavy (non-hydrogen) atoms. The number of fused-ring (bicyclic) bond motifs is 1. The molecule has 0 aromatic carbocycles. The fourth-order valence-electron chi connectivity index (χ4n) is 4.19. The lowest BCUT2D eigenvalue weighted by Gasteiger charge is -2.45. The number of carbonyl (C=O) groups excluding carboxylic acids is 1. The van der Waals surface area contributed by atoms with Gasteiger partial charge in [0.2, 0.25) is 0 Å². The molecule has 2 N–H and O–H groups in total. The Morgan fingerprint density at radius 2 is 2.25 bits per heavy atom. The summed E-state index contributed by atoms with van der Waals surface area (Å²) in [6.07, 6.45) is 9.12. The minimum Gasteiger partial charge on any atom is -0.381 e. The van der Waals surface area contributed by atoms with Crippen LogP contribution in [0.4, 0.5) is 0 Å². The van der Waals surface area contributed by atoms with Crippen LogP contribution in [-0.2, 0) is 10.3 Å². The summed E-state index contributed by atoms with van der Waals surface area (Å²) in [5, 5.41) is 27.8. The van der Waals surface area contributed by atoms with Gasteiger partial charge in [0.1, 0.15) is 5.69 Å². The van der Waals surface area contributed by atoms with Crippen LogP contribution in [0.25, 0.3) is 28.2 Å². The Labute approximate surface area is 183 Å². The predicted molar refractivity (Wildman–Crippen MR) is 113 cm³/mol. The van der Waals surface area contributed by atoms with Crippen molar-refractivity contribution in [3.63, 3.8) is 0 Å². The van der Waals surface area contributed by atoms with Gasteiger partial charge in [-0.3, -0.25) is 14.6 Å². The molecule has 4 aromatic heterocycles. The lowest BCUT2D eigenvalue weighted by molar-refractivity contribution is -0.0542. The van der Waals surface area contributed by atoms with Crippen LogP contribution in [0.15, 0.2) is 36.9 Å². The third-order valence-electron chi connectivity index (χ3n) is 6.00. The Balaban J connectivity index is 1.55. The van der Waals surface area contributed by atoms with Crippen LogP contribution >= 0.6 is 0 Å². The molecule has 11 heteroatoms. The molecule has 1 aliphatic rings. The highest BCUT2D eigenvalue weighted by atomic mass is 16.5. The fraction of sp³-hybridized carbons (Fsp3) is 0.333. The van der Waals surface area contributed by atoms with Gasteiger partial charge in [-0.2, -0.15) is 20.6 Å². The summed E-state index contributed by atoms with van der Waals surface area (Å²) < 4.78 is 9.02. The molecule has 0 aliphatic heterocycles. The zero-order valence-electron chi connectivity index (χ0n) is 17.6. The van der Waals surface area contributed by atoms with Crippen LogP contribution < -0.4 is 5.32 Å². The Morgan fingerprint density at radius 3 is 3.00 bits per heavy atom. The number of hydrogen-bond donors (Lipinski definition) is 2. The molecule has 0 saturated heterocycles. The van der Waals surface area contributed by atoms with Gasteiger partial charge in [0.05, 0.1) is 59.6 Å². The number of nitrogens with one attached hydrogen (secondary N) is 2. The van der Waals surface area contributed by atoms with Crippen molar-refractivity contribution >= 4 is 11.4 Å². The van der Waals surface area contributed by atoms with Crippen LogP contribution in [0.2, 0.25) is 0 Å². The number of hydrogen-bond acceptors (Lipinski definition) is 7. The molecule has 1 fully saturated rings. The van der Waals surface area contributed by atoms with Gasteiger partial charge in [-0.1, -0.05) is 0 Å². The fourth-order valence-corrected chi connectivity index (χ4v) is 4.19. The second kappa shape index (κ2) is 7.58. The highest BCUT2D eigenvalue weighted by molar-refractivity contribution is 5.93. The summed E-state index contributed by atoms with van der Waals surface area (Å²) in [6.45, 7) is 0. The third-order valence-corrected chi connectivity index (χ3v) is 6.00. The molecule has 4 heterocycles. The number of ether oxygens (including phenoxy) is 1. The average Bonchev–Trinajstić information content (AvgIpc) is 3.54. The summed E-state index contributed by atoms with van der Waals surface area (Å²) in [5.41, 5.74) is 3.40. The van der Waals surface area contributed by atoms with E-state index in [2.05, 4.69) is 31.8 Å². The number of carbonyl (C=O) groups is 1. The number of aromatic amines is 1. The zero-order valence-corrected chi connectivity index (χ0v) is 17.6. The standard InChI is InChI=1S/C21H21N9O2/c1-23-20(31)16-7-15(27-28-16)17-12-29-18(3-6-24-29)19(26-17)13-10-25-30(11-13)21(4-5-22)8-14(9-21)32-2/h3,6-7,10-12,14H,4,8-9H2,1-2H3,(H,23,31)(H,27,28)/t14-,21-. The second-order valence-corrected chi connectivity index (χ2v) is 7.88. The molecule has 5 rings (SSSR count). The van der Waals surface area contributed by atoms with E-state index >= 15 is 0 Å². The molecule has 0 unspecified atom stereocenters. The van der Waals surface area contributed by atoms with E-state index in [-0.39, 0.29) is 23.2 Å². The van der Waals surface area contributed by atoms with Crippen LogP contribution in [0.3, 0.4) is 0 Å². The number of amides is 1. The molecule has 162 valence electrons.